The molecule has 1 unspecified atom stereocenters. The summed E-state index contributed by atoms with van der Waals surface area (Å²) in [5, 5.41) is 41.5. The van der Waals surface area contributed by atoms with Gasteiger partial charge in [-0.2, -0.15) is 9.71 Å². The van der Waals surface area contributed by atoms with Gasteiger partial charge in [-0.1, -0.05) is 18.2 Å². The SMILES string of the molecule is N=c1c(Nc2nc3c(ncn3C3C[C@H](O)[C@@H](CO)O3)c(=O)[nH]2)cn(O)c2ccccc12. The van der Waals surface area contributed by atoms with Crippen LogP contribution >= 0.6 is 0 Å². The minimum absolute atomic E-state index is 0.0419. The summed E-state index contributed by atoms with van der Waals surface area (Å²) in [5.41, 5.74) is 0.475. The van der Waals surface area contributed by atoms with Gasteiger partial charge in [0.15, 0.2) is 11.2 Å². The Hall–Kier alpha value is -3.74. The van der Waals surface area contributed by atoms with Gasteiger partial charge in [0.05, 0.1) is 41.8 Å². The zero-order valence-electron chi connectivity index (χ0n) is 16.1. The van der Waals surface area contributed by atoms with Crippen LogP contribution in [0.3, 0.4) is 0 Å². The maximum absolute atomic E-state index is 12.5. The number of aliphatic hydroxyl groups excluding tert-OH is 2. The van der Waals surface area contributed by atoms with E-state index in [0.29, 0.717) is 10.9 Å². The van der Waals surface area contributed by atoms with E-state index in [1.54, 1.807) is 24.3 Å². The minimum Gasteiger partial charge on any atom is -0.428 e. The van der Waals surface area contributed by atoms with Gasteiger partial charge in [-0.05, 0) is 6.07 Å². The third-order valence-electron chi connectivity index (χ3n) is 5.32. The van der Waals surface area contributed by atoms with E-state index in [-0.39, 0.29) is 41.2 Å². The predicted octanol–water partition coefficient (Wildman–Crippen LogP) is 0.175. The summed E-state index contributed by atoms with van der Waals surface area (Å²) in [6.07, 6.45) is 0.683. The molecule has 1 aliphatic rings. The number of fused-ring (bicyclic) bond motifs is 2. The van der Waals surface area contributed by atoms with Gasteiger partial charge in [-0.15, -0.1) is 0 Å². The van der Waals surface area contributed by atoms with Gasteiger partial charge >= 0.3 is 0 Å². The summed E-state index contributed by atoms with van der Waals surface area (Å²) in [7, 11) is 0. The summed E-state index contributed by atoms with van der Waals surface area (Å²) in [6.45, 7) is -0.333. The quantitative estimate of drug-likeness (QED) is 0.251. The van der Waals surface area contributed by atoms with Crippen molar-refractivity contribution in [2.75, 3.05) is 11.9 Å². The van der Waals surface area contributed by atoms with Crippen LogP contribution in [0.1, 0.15) is 12.6 Å². The molecule has 0 amide bonds. The topological polar surface area (TPSA) is 174 Å². The lowest BCUT2D eigenvalue weighted by Gasteiger charge is -2.14. The van der Waals surface area contributed by atoms with E-state index in [0.717, 1.165) is 4.73 Å². The van der Waals surface area contributed by atoms with Crippen LogP contribution in [-0.4, -0.2) is 58.5 Å². The van der Waals surface area contributed by atoms with E-state index in [4.69, 9.17) is 10.1 Å². The third-order valence-corrected chi connectivity index (χ3v) is 5.32. The zero-order chi connectivity index (χ0) is 21.7. The smallest absolute Gasteiger partial charge is 0.280 e. The molecule has 4 heterocycles. The number of imidazole rings is 1. The number of para-hydroxylation sites is 1. The molecule has 3 aromatic heterocycles. The van der Waals surface area contributed by atoms with Crippen molar-refractivity contribution in [3.8, 4) is 0 Å². The second-order valence-electron chi connectivity index (χ2n) is 7.26. The van der Waals surface area contributed by atoms with Crippen molar-refractivity contribution in [3.05, 3.63) is 52.5 Å². The number of aliphatic hydroxyl groups is 2. The Morgan fingerprint density at radius 1 is 1.35 bits per heavy atom. The van der Waals surface area contributed by atoms with Crippen LogP contribution in [0.15, 0.2) is 41.6 Å². The van der Waals surface area contributed by atoms with E-state index in [1.807, 2.05) is 0 Å². The Balaban J connectivity index is 1.56. The minimum atomic E-state index is -0.851. The number of nitrogens with one attached hydrogen (secondary N) is 3. The van der Waals surface area contributed by atoms with Crippen LogP contribution in [0.25, 0.3) is 22.1 Å². The van der Waals surface area contributed by atoms with Crippen molar-refractivity contribution in [1.82, 2.24) is 24.2 Å². The van der Waals surface area contributed by atoms with Crippen molar-refractivity contribution in [2.45, 2.75) is 24.9 Å². The Morgan fingerprint density at radius 2 is 2.16 bits per heavy atom. The summed E-state index contributed by atoms with van der Waals surface area (Å²) >= 11 is 0. The second-order valence-corrected chi connectivity index (χ2v) is 7.26. The van der Waals surface area contributed by atoms with Crippen molar-refractivity contribution in [3.63, 3.8) is 0 Å². The fraction of sp³-hybridized carbons (Fsp3) is 0.263. The summed E-state index contributed by atoms with van der Waals surface area (Å²) in [6, 6.07) is 6.88. The van der Waals surface area contributed by atoms with Gasteiger partial charge in [0, 0.05) is 11.8 Å². The van der Waals surface area contributed by atoms with Gasteiger partial charge in [0.2, 0.25) is 5.95 Å². The van der Waals surface area contributed by atoms with Crippen molar-refractivity contribution >= 4 is 33.7 Å². The van der Waals surface area contributed by atoms with Gasteiger partial charge in [0.25, 0.3) is 5.56 Å². The van der Waals surface area contributed by atoms with E-state index < -0.39 is 24.0 Å². The van der Waals surface area contributed by atoms with Crippen molar-refractivity contribution < 1.29 is 20.2 Å². The maximum Gasteiger partial charge on any atom is 0.280 e. The molecule has 1 aliphatic heterocycles. The Labute approximate surface area is 173 Å². The number of rotatable bonds is 4. The molecular formula is C19H19N7O5. The molecule has 6 N–H and O–H groups in total. The molecular weight excluding hydrogens is 406 g/mol. The van der Waals surface area contributed by atoms with Crippen LogP contribution in [0.2, 0.25) is 0 Å². The van der Waals surface area contributed by atoms with Gasteiger partial charge in [-0.3, -0.25) is 19.8 Å². The molecule has 160 valence electrons. The number of benzene rings is 1. The molecule has 0 saturated carbocycles. The number of aromatic amines is 1. The van der Waals surface area contributed by atoms with Crippen LogP contribution in [0.5, 0.6) is 0 Å². The first kappa shape index (κ1) is 19.2. The highest BCUT2D eigenvalue weighted by Gasteiger charge is 2.35. The zero-order valence-corrected chi connectivity index (χ0v) is 16.1. The average molecular weight is 425 g/mol. The molecule has 0 spiro atoms. The van der Waals surface area contributed by atoms with Gasteiger partial charge in [0.1, 0.15) is 12.3 Å². The largest absolute Gasteiger partial charge is 0.428 e. The highest BCUT2D eigenvalue weighted by molar-refractivity contribution is 5.82. The molecule has 1 fully saturated rings. The number of anilines is 2. The molecule has 5 rings (SSSR count). The van der Waals surface area contributed by atoms with Crippen molar-refractivity contribution in [2.24, 2.45) is 0 Å². The van der Waals surface area contributed by atoms with E-state index in [2.05, 4.69) is 20.3 Å². The van der Waals surface area contributed by atoms with Crippen LogP contribution < -0.4 is 16.2 Å². The fourth-order valence-corrected chi connectivity index (χ4v) is 3.75. The van der Waals surface area contributed by atoms with Crippen molar-refractivity contribution in [1.29, 1.82) is 5.41 Å². The molecule has 4 aromatic rings. The monoisotopic (exact) mass is 425 g/mol. The molecule has 0 bridgehead atoms. The molecule has 12 nitrogen and oxygen atoms in total. The first-order valence-corrected chi connectivity index (χ1v) is 9.52. The summed E-state index contributed by atoms with van der Waals surface area (Å²) in [4.78, 5) is 23.6. The predicted molar refractivity (Wildman–Crippen MR) is 108 cm³/mol. The van der Waals surface area contributed by atoms with Gasteiger partial charge < -0.3 is 25.5 Å². The second kappa shape index (κ2) is 7.19. The standard InChI is InChI=1S/C19H19N7O5/c20-15-9-3-1-2-4-11(9)26(30)6-10(15)22-19-23-17-16(18(29)24-19)21-8-25(17)14-5-12(28)13(7-27)31-14/h1-4,6,8,12-14,20,27-28,30H,5,7H2,(H2,22,23,24,29)/t12-,13+,14?/m0/s1. The number of hydrogen-bond acceptors (Lipinski definition) is 9. The lowest BCUT2D eigenvalue weighted by molar-refractivity contribution is -0.0432. The number of H-pyrrole nitrogens is 1. The Morgan fingerprint density at radius 3 is 2.94 bits per heavy atom. The number of hydrogen-bond donors (Lipinski definition) is 6. The molecule has 3 atom stereocenters. The molecule has 1 aromatic carbocycles. The molecule has 0 aliphatic carbocycles. The fourth-order valence-electron chi connectivity index (χ4n) is 3.75. The first-order chi connectivity index (χ1) is 15.0. The van der Waals surface area contributed by atoms with Crippen LogP contribution in [0.4, 0.5) is 11.6 Å². The number of aromatic nitrogens is 5. The normalized spacial score (nSPS) is 21.2. The lowest BCUT2D eigenvalue weighted by atomic mass is 10.2. The highest BCUT2D eigenvalue weighted by Crippen LogP contribution is 2.30. The molecule has 0 radical (unpaired) electrons. The average Bonchev–Trinajstić information content (AvgIpc) is 3.35. The van der Waals surface area contributed by atoms with E-state index in [9.17, 15) is 20.2 Å². The highest BCUT2D eigenvalue weighted by atomic mass is 16.5. The first-order valence-electron chi connectivity index (χ1n) is 9.52. The number of nitrogens with zero attached hydrogens (tertiary/aromatic N) is 4. The molecule has 1 saturated heterocycles. The van der Waals surface area contributed by atoms with Crippen LogP contribution in [0, 0.1) is 5.41 Å². The van der Waals surface area contributed by atoms with E-state index in [1.165, 1.54) is 17.1 Å². The summed E-state index contributed by atoms with van der Waals surface area (Å²) < 4.78 is 8.05. The Bertz CT molecular complexity index is 1410. The number of ether oxygens (including phenoxy) is 1. The van der Waals surface area contributed by atoms with Gasteiger partial charge in [-0.25, -0.2) is 4.98 Å². The molecule has 12 heteroatoms. The Kier molecular flexibility index (Phi) is 4.46. The van der Waals surface area contributed by atoms with E-state index >= 15 is 0 Å². The summed E-state index contributed by atoms with van der Waals surface area (Å²) in [5.74, 6) is 0.0419. The lowest BCUT2D eigenvalue weighted by Crippen LogP contribution is -2.24. The maximum atomic E-state index is 12.5. The van der Waals surface area contributed by atoms with Crippen LogP contribution in [-0.2, 0) is 4.74 Å². The third kappa shape index (κ3) is 3.13. The number of pyridine rings is 1. The molecule has 31 heavy (non-hydrogen) atoms.